The van der Waals surface area contributed by atoms with Crippen LogP contribution < -0.4 is 5.73 Å². The van der Waals surface area contributed by atoms with Crippen molar-refractivity contribution in [2.75, 3.05) is 0 Å². The van der Waals surface area contributed by atoms with Crippen LogP contribution in [0.15, 0.2) is 22.7 Å². The number of benzene rings is 1. The summed E-state index contributed by atoms with van der Waals surface area (Å²) in [4.78, 5) is 0. The lowest BCUT2D eigenvalue weighted by Crippen LogP contribution is -1.95. The molecule has 0 unspecified atom stereocenters. The number of hydrogen-bond acceptors (Lipinski definition) is 1. The van der Waals surface area contributed by atoms with E-state index in [2.05, 4.69) is 28.9 Å². The lowest BCUT2D eigenvalue weighted by atomic mass is 10.1. The van der Waals surface area contributed by atoms with Crippen molar-refractivity contribution >= 4 is 28.3 Å². The molecule has 0 saturated heterocycles. The van der Waals surface area contributed by atoms with Gasteiger partial charge in [0.05, 0.1) is 0 Å². The summed E-state index contributed by atoms with van der Waals surface area (Å²) in [5, 5.41) is 0. The summed E-state index contributed by atoms with van der Waals surface area (Å²) in [6, 6.07) is 6.14. The Bertz CT molecular complexity index is 238. The van der Waals surface area contributed by atoms with Crippen molar-refractivity contribution in [2.24, 2.45) is 5.73 Å². The highest BCUT2D eigenvalue weighted by Gasteiger charge is 1.93. The average molecular weight is 237 g/mol. The minimum Gasteiger partial charge on any atom is -0.326 e. The van der Waals surface area contributed by atoms with Crippen LogP contribution in [-0.4, -0.2) is 0 Å². The summed E-state index contributed by atoms with van der Waals surface area (Å²) in [5.41, 5.74) is 7.87. The van der Waals surface area contributed by atoms with Gasteiger partial charge >= 0.3 is 0 Å². The molecule has 3 heteroatoms. The average Bonchev–Trinajstić information content (AvgIpc) is 1.95. The Morgan fingerprint density at radius 1 is 1.45 bits per heavy atom. The number of rotatable bonds is 1. The molecule has 0 bridgehead atoms. The third kappa shape index (κ3) is 2.81. The molecular weight excluding hydrogens is 225 g/mol. The minimum absolute atomic E-state index is 0. The number of aryl methyl sites for hydroxylation is 1. The Morgan fingerprint density at radius 2 is 2.09 bits per heavy atom. The maximum atomic E-state index is 5.45. The zero-order valence-corrected chi connectivity index (χ0v) is 8.71. The molecule has 0 spiro atoms. The fraction of sp³-hybridized carbons (Fsp3) is 0.250. The van der Waals surface area contributed by atoms with E-state index in [1.54, 1.807) is 0 Å². The van der Waals surface area contributed by atoms with E-state index in [9.17, 15) is 0 Å². The fourth-order valence-corrected chi connectivity index (χ4v) is 1.08. The van der Waals surface area contributed by atoms with E-state index in [0.29, 0.717) is 6.54 Å². The molecule has 0 aliphatic heterocycles. The molecule has 1 nitrogen and oxygen atoms in total. The lowest BCUT2D eigenvalue weighted by Gasteiger charge is -1.99. The van der Waals surface area contributed by atoms with Gasteiger partial charge in [-0.25, -0.2) is 0 Å². The Balaban J connectivity index is 0.000001000. The van der Waals surface area contributed by atoms with E-state index in [-0.39, 0.29) is 12.4 Å². The third-order valence-corrected chi connectivity index (χ3v) is 2.35. The Hall–Kier alpha value is -0.0500. The molecular formula is C8H11BrClN. The molecule has 0 aliphatic rings. The van der Waals surface area contributed by atoms with Crippen LogP contribution >= 0.6 is 28.3 Å². The molecule has 0 saturated carbocycles. The van der Waals surface area contributed by atoms with Gasteiger partial charge in [0.15, 0.2) is 0 Å². The minimum atomic E-state index is 0. The van der Waals surface area contributed by atoms with Gasteiger partial charge in [-0.3, -0.25) is 0 Å². The first-order valence-corrected chi connectivity index (χ1v) is 3.98. The molecule has 0 heterocycles. The molecule has 0 atom stereocenters. The van der Waals surface area contributed by atoms with Crippen LogP contribution in [0.5, 0.6) is 0 Å². The highest BCUT2D eigenvalue weighted by molar-refractivity contribution is 9.10. The van der Waals surface area contributed by atoms with Crippen molar-refractivity contribution in [1.82, 2.24) is 0 Å². The van der Waals surface area contributed by atoms with Crippen LogP contribution in [-0.2, 0) is 6.54 Å². The van der Waals surface area contributed by atoms with E-state index in [1.165, 1.54) is 11.1 Å². The molecule has 0 aliphatic carbocycles. The highest BCUT2D eigenvalue weighted by Crippen LogP contribution is 2.16. The molecule has 0 radical (unpaired) electrons. The summed E-state index contributed by atoms with van der Waals surface area (Å²) in [6.45, 7) is 2.68. The van der Waals surface area contributed by atoms with Crippen molar-refractivity contribution in [3.05, 3.63) is 33.8 Å². The molecule has 0 aromatic heterocycles. The largest absolute Gasteiger partial charge is 0.326 e. The molecule has 2 N–H and O–H groups in total. The van der Waals surface area contributed by atoms with Crippen LogP contribution in [0.25, 0.3) is 0 Å². The molecule has 0 fully saturated rings. The molecule has 11 heavy (non-hydrogen) atoms. The van der Waals surface area contributed by atoms with Crippen LogP contribution in [0.2, 0.25) is 0 Å². The summed E-state index contributed by atoms with van der Waals surface area (Å²) >= 11 is 3.42. The molecule has 1 aromatic rings. The fourth-order valence-electron chi connectivity index (χ4n) is 0.834. The maximum absolute atomic E-state index is 5.45. The van der Waals surface area contributed by atoms with Crippen molar-refractivity contribution in [3.63, 3.8) is 0 Å². The van der Waals surface area contributed by atoms with Crippen LogP contribution in [0.4, 0.5) is 0 Å². The van der Waals surface area contributed by atoms with Gasteiger partial charge in [-0.2, -0.15) is 0 Å². The van der Waals surface area contributed by atoms with Crippen LogP contribution in [0, 0.1) is 6.92 Å². The molecule has 0 amide bonds. The van der Waals surface area contributed by atoms with Gasteiger partial charge in [0, 0.05) is 11.0 Å². The Morgan fingerprint density at radius 3 is 2.55 bits per heavy atom. The second-order valence-corrected chi connectivity index (χ2v) is 3.14. The third-order valence-electron chi connectivity index (χ3n) is 1.46. The van der Waals surface area contributed by atoms with Crippen molar-refractivity contribution < 1.29 is 0 Å². The number of hydrogen-bond donors (Lipinski definition) is 1. The first-order valence-electron chi connectivity index (χ1n) is 3.19. The van der Waals surface area contributed by atoms with Gasteiger partial charge in [-0.1, -0.05) is 28.1 Å². The topological polar surface area (TPSA) is 26.0 Å². The smallest absolute Gasteiger partial charge is 0.0204 e. The van der Waals surface area contributed by atoms with Crippen molar-refractivity contribution in [1.29, 1.82) is 0 Å². The lowest BCUT2D eigenvalue weighted by molar-refractivity contribution is 1.06. The van der Waals surface area contributed by atoms with Gasteiger partial charge in [-0.15, -0.1) is 12.4 Å². The predicted octanol–water partition coefficient (Wildman–Crippen LogP) is 2.64. The van der Waals surface area contributed by atoms with Gasteiger partial charge in [0.2, 0.25) is 0 Å². The highest BCUT2D eigenvalue weighted by atomic mass is 79.9. The summed E-state index contributed by atoms with van der Waals surface area (Å²) < 4.78 is 1.14. The van der Waals surface area contributed by atoms with Crippen LogP contribution in [0.3, 0.4) is 0 Å². The number of halogens is 2. The molecule has 1 aromatic carbocycles. The molecule has 1 rings (SSSR count). The van der Waals surface area contributed by atoms with E-state index in [1.807, 2.05) is 12.1 Å². The standard InChI is InChI=1S/C8H10BrN.ClH/c1-6-4-7(5-10)2-3-8(6)9;/h2-4H,5,10H2,1H3;1H. The second-order valence-electron chi connectivity index (χ2n) is 2.29. The predicted molar refractivity (Wildman–Crippen MR) is 54.0 cm³/mol. The first-order chi connectivity index (χ1) is 4.74. The molecule has 62 valence electrons. The zero-order valence-electron chi connectivity index (χ0n) is 6.30. The van der Waals surface area contributed by atoms with E-state index >= 15 is 0 Å². The van der Waals surface area contributed by atoms with E-state index < -0.39 is 0 Å². The Labute approximate surface area is 81.5 Å². The van der Waals surface area contributed by atoms with Gasteiger partial charge in [-0.05, 0) is 24.1 Å². The van der Waals surface area contributed by atoms with Gasteiger partial charge < -0.3 is 5.73 Å². The summed E-state index contributed by atoms with van der Waals surface area (Å²) in [6.07, 6.45) is 0. The van der Waals surface area contributed by atoms with E-state index in [4.69, 9.17) is 5.73 Å². The summed E-state index contributed by atoms with van der Waals surface area (Å²) in [5.74, 6) is 0. The SMILES string of the molecule is Cc1cc(CN)ccc1Br.Cl. The van der Waals surface area contributed by atoms with Gasteiger partial charge in [0.25, 0.3) is 0 Å². The quantitative estimate of drug-likeness (QED) is 0.797. The first kappa shape index (κ1) is 11.0. The van der Waals surface area contributed by atoms with Crippen molar-refractivity contribution in [2.45, 2.75) is 13.5 Å². The normalized spacial score (nSPS) is 9.00. The zero-order chi connectivity index (χ0) is 7.56. The van der Waals surface area contributed by atoms with Crippen LogP contribution in [0.1, 0.15) is 11.1 Å². The van der Waals surface area contributed by atoms with Gasteiger partial charge in [0.1, 0.15) is 0 Å². The number of nitrogens with two attached hydrogens (primary N) is 1. The summed E-state index contributed by atoms with van der Waals surface area (Å²) in [7, 11) is 0. The second kappa shape index (κ2) is 4.75. The maximum Gasteiger partial charge on any atom is 0.0204 e. The monoisotopic (exact) mass is 235 g/mol. The van der Waals surface area contributed by atoms with E-state index in [0.717, 1.165) is 4.47 Å². The Kier molecular flexibility index (Phi) is 4.73. The van der Waals surface area contributed by atoms with Crippen molar-refractivity contribution in [3.8, 4) is 0 Å².